The molecule has 1 saturated heterocycles. The summed E-state index contributed by atoms with van der Waals surface area (Å²) < 4.78 is 6.36. The van der Waals surface area contributed by atoms with Crippen molar-refractivity contribution in [3.63, 3.8) is 0 Å². The largest absolute Gasteiger partial charge is 0.375 e. The summed E-state index contributed by atoms with van der Waals surface area (Å²) in [6.07, 6.45) is 0.701. The minimum absolute atomic E-state index is 0.0344. The van der Waals surface area contributed by atoms with Crippen LogP contribution in [0.2, 0.25) is 0 Å². The highest BCUT2D eigenvalue weighted by molar-refractivity contribution is 14.1. The van der Waals surface area contributed by atoms with Crippen LogP contribution in [0.15, 0.2) is 24.3 Å². The van der Waals surface area contributed by atoms with Crippen molar-refractivity contribution in [1.29, 1.82) is 0 Å². The number of carbonyl (C=O) groups is 2. The quantitative estimate of drug-likeness (QED) is 0.461. The van der Waals surface area contributed by atoms with Crippen LogP contribution in [0.3, 0.4) is 0 Å². The third-order valence-electron chi connectivity index (χ3n) is 3.48. The van der Waals surface area contributed by atoms with E-state index in [9.17, 15) is 9.59 Å². The average molecular weight is 357 g/mol. The number of amides is 2. The summed E-state index contributed by atoms with van der Waals surface area (Å²) in [5.74, 6) is -0.359. The summed E-state index contributed by atoms with van der Waals surface area (Å²) >= 11 is 2.23. The lowest BCUT2D eigenvalue weighted by Crippen LogP contribution is -2.45. The highest BCUT2D eigenvalue weighted by Gasteiger charge is 2.44. The van der Waals surface area contributed by atoms with Gasteiger partial charge in [0.25, 0.3) is 11.8 Å². The first-order chi connectivity index (χ1) is 8.74. The molecule has 94 valence electrons. The standard InChI is InChI=1S/C13H12INO3/c14-7-11-10(5-6-18-11)15-12(16)8-3-1-2-4-9(8)13(15)17/h1-4,10-11H,5-7H2/t10-,11+/m1/s1. The molecule has 0 spiro atoms. The van der Waals surface area contributed by atoms with E-state index in [4.69, 9.17) is 4.74 Å². The van der Waals surface area contributed by atoms with E-state index >= 15 is 0 Å². The second-order valence-electron chi connectivity index (χ2n) is 4.45. The molecule has 2 amide bonds. The Morgan fingerprint density at radius 3 is 2.39 bits per heavy atom. The van der Waals surface area contributed by atoms with Gasteiger partial charge in [0.1, 0.15) is 0 Å². The van der Waals surface area contributed by atoms with Crippen LogP contribution in [0.25, 0.3) is 0 Å². The van der Waals surface area contributed by atoms with Gasteiger partial charge in [0, 0.05) is 11.0 Å². The number of fused-ring (bicyclic) bond motifs is 1. The van der Waals surface area contributed by atoms with Crippen molar-refractivity contribution in [3.05, 3.63) is 35.4 Å². The Labute approximate surface area is 118 Å². The van der Waals surface area contributed by atoms with Crippen LogP contribution in [-0.4, -0.2) is 39.9 Å². The molecule has 0 bridgehead atoms. The van der Waals surface area contributed by atoms with Gasteiger partial charge in [0.15, 0.2) is 0 Å². The molecule has 0 unspecified atom stereocenters. The smallest absolute Gasteiger partial charge is 0.261 e. The molecule has 1 fully saturated rings. The minimum Gasteiger partial charge on any atom is -0.375 e. The third-order valence-corrected chi connectivity index (χ3v) is 4.35. The van der Waals surface area contributed by atoms with Crippen molar-refractivity contribution >= 4 is 34.4 Å². The van der Waals surface area contributed by atoms with E-state index in [0.717, 1.165) is 10.8 Å². The van der Waals surface area contributed by atoms with Gasteiger partial charge in [-0.3, -0.25) is 14.5 Å². The predicted octanol–water partition coefficient (Wildman–Crippen LogP) is 1.88. The van der Waals surface area contributed by atoms with Gasteiger partial charge in [-0.25, -0.2) is 0 Å². The maximum Gasteiger partial charge on any atom is 0.261 e. The Kier molecular flexibility index (Phi) is 3.11. The molecule has 5 heteroatoms. The predicted molar refractivity (Wildman–Crippen MR) is 74.0 cm³/mol. The van der Waals surface area contributed by atoms with Gasteiger partial charge < -0.3 is 4.74 Å². The number of imide groups is 1. The lowest BCUT2D eigenvalue weighted by atomic mass is 10.1. The van der Waals surface area contributed by atoms with Crippen LogP contribution in [0, 0.1) is 0 Å². The number of halogens is 1. The first kappa shape index (κ1) is 12.1. The molecule has 2 aliphatic heterocycles. The Bertz CT molecular complexity index is 482. The van der Waals surface area contributed by atoms with Crippen molar-refractivity contribution in [1.82, 2.24) is 4.90 Å². The summed E-state index contributed by atoms with van der Waals surface area (Å²) in [6, 6.07) is 6.88. The van der Waals surface area contributed by atoms with Crippen LogP contribution in [0.1, 0.15) is 27.1 Å². The Morgan fingerprint density at radius 1 is 1.22 bits per heavy atom. The zero-order valence-electron chi connectivity index (χ0n) is 9.64. The molecule has 2 aliphatic rings. The van der Waals surface area contributed by atoms with Gasteiger partial charge in [-0.2, -0.15) is 0 Å². The second kappa shape index (κ2) is 4.62. The fourth-order valence-electron chi connectivity index (χ4n) is 2.59. The average Bonchev–Trinajstić information content (AvgIpc) is 2.95. The monoisotopic (exact) mass is 357 g/mol. The first-order valence-electron chi connectivity index (χ1n) is 5.88. The molecule has 2 atom stereocenters. The van der Waals surface area contributed by atoms with Gasteiger partial charge in [0.2, 0.25) is 0 Å². The van der Waals surface area contributed by atoms with E-state index in [1.807, 2.05) is 0 Å². The van der Waals surface area contributed by atoms with Crippen LogP contribution in [-0.2, 0) is 4.74 Å². The molecule has 0 aromatic heterocycles. The maximum absolute atomic E-state index is 12.3. The Morgan fingerprint density at radius 2 is 1.83 bits per heavy atom. The van der Waals surface area contributed by atoms with E-state index in [1.54, 1.807) is 24.3 Å². The summed E-state index contributed by atoms with van der Waals surface area (Å²) in [7, 11) is 0. The number of benzene rings is 1. The van der Waals surface area contributed by atoms with Crippen molar-refractivity contribution in [2.45, 2.75) is 18.6 Å². The fourth-order valence-corrected chi connectivity index (χ4v) is 3.43. The molecule has 1 aromatic carbocycles. The Balaban J connectivity index is 1.97. The number of carbonyl (C=O) groups excluding carboxylic acids is 2. The normalized spacial score (nSPS) is 26.8. The molecule has 3 rings (SSSR count). The summed E-state index contributed by atoms with van der Waals surface area (Å²) in [5.41, 5.74) is 1.03. The zero-order chi connectivity index (χ0) is 12.7. The molecule has 1 aromatic rings. The van der Waals surface area contributed by atoms with Gasteiger partial charge >= 0.3 is 0 Å². The third kappa shape index (κ3) is 1.68. The van der Waals surface area contributed by atoms with Crippen LogP contribution < -0.4 is 0 Å². The first-order valence-corrected chi connectivity index (χ1v) is 7.41. The van der Waals surface area contributed by atoms with E-state index in [-0.39, 0.29) is 24.0 Å². The van der Waals surface area contributed by atoms with Gasteiger partial charge in [-0.05, 0) is 18.6 Å². The van der Waals surface area contributed by atoms with E-state index < -0.39 is 0 Å². The zero-order valence-corrected chi connectivity index (χ0v) is 11.8. The molecular weight excluding hydrogens is 345 g/mol. The highest BCUT2D eigenvalue weighted by Crippen LogP contribution is 2.30. The summed E-state index contributed by atoms with van der Waals surface area (Å²) in [4.78, 5) is 26.0. The van der Waals surface area contributed by atoms with Crippen molar-refractivity contribution in [2.24, 2.45) is 0 Å². The fraction of sp³-hybridized carbons (Fsp3) is 0.385. The number of nitrogens with zero attached hydrogens (tertiary/aromatic N) is 1. The number of hydrogen-bond acceptors (Lipinski definition) is 3. The SMILES string of the molecule is O=C1c2ccccc2C(=O)N1[C@@H]1CCO[C@H]1CI. The molecule has 18 heavy (non-hydrogen) atoms. The van der Waals surface area contributed by atoms with Gasteiger partial charge in [-0.15, -0.1) is 0 Å². The topological polar surface area (TPSA) is 46.6 Å². The van der Waals surface area contributed by atoms with Gasteiger partial charge in [-0.1, -0.05) is 34.7 Å². The van der Waals surface area contributed by atoms with Crippen molar-refractivity contribution < 1.29 is 14.3 Å². The highest BCUT2D eigenvalue weighted by atomic mass is 127. The molecule has 0 aliphatic carbocycles. The van der Waals surface area contributed by atoms with Crippen molar-refractivity contribution in [3.8, 4) is 0 Å². The van der Waals surface area contributed by atoms with E-state index in [2.05, 4.69) is 22.6 Å². The van der Waals surface area contributed by atoms with Crippen LogP contribution >= 0.6 is 22.6 Å². The lowest BCUT2D eigenvalue weighted by Gasteiger charge is -2.25. The van der Waals surface area contributed by atoms with Crippen LogP contribution in [0.4, 0.5) is 0 Å². The maximum atomic E-state index is 12.3. The lowest BCUT2D eigenvalue weighted by molar-refractivity contribution is 0.0469. The molecular formula is C13H12INO3. The molecule has 4 nitrogen and oxygen atoms in total. The second-order valence-corrected chi connectivity index (χ2v) is 5.33. The van der Waals surface area contributed by atoms with Crippen LogP contribution in [0.5, 0.6) is 0 Å². The van der Waals surface area contributed by atoms with E-state index in [1.165, 1.54) is 4.90 Å². The molecule has 0 saturated carbocycles. The van der Waals surface area contributed by atoms with Gasteiger partial charge in [0.05, 0.1) is 23.3 Å². The summed E-state index contributed by atoms with van der Waals surface area (Å²) in [6.45, 7) is 0.617. The summed E-state index contributed by atoms with van der Waals surface area (Å²) in [5, 5.41) is 0. The number of alkyl halides is 1. The number of rotatable bonds is 2. The number of hydrogen-bond donors (Lipinski definition) is 0. The van der Waals surface area contributed by atoms with E-state index in [0.29, 0.717) is 17.7 Å². The molecule has 2 heterocycles. The number of ether oxygens (including phenoxy) is 1. The van der Waals surface area contributed by atoms with Crippen molar-refractivity contribution in [2.75, 3.05) is 11.0 Å². The Hall–Kier alpha value is -0.950. The minimum atomic E-state index is -0.180. The molecule has 0 N–H and O–H groups in total. The molecule has 0 radical (unpaired) electrons.